The molecule has 2 aromatic carbocycles. The Kier molecular flexibility index (Phi) is 7.33. The molecule has 0 radical (unpaired) electrons. The first-order valence-corrected chi connectivity index (χ1v) is 12.8. The summed E-state index contributed by atoms with van der Waals surface area (Å²) in [5.74, 6) is 0.0502. The third-order valence-electron chi connectivity index (χ3n) is 6.55. The first-order chi connectivity index (χ1) is 18.4. The van der Waals surface area contributed by atoms with E-state index in [1.54, 1.807) is 30.3 Å². The van der Waals surface area contributed by atoms with E-state index in [1.807, 2.05) is 0 Å². The van der Waals surface area contributed by atoms with E-state index in [0.29, 0.717) is 28.7 Å². The van der Waals surface area contributed by atoms with Crippen LogP contribution in [0.2, 0.25) is 5.02 Å². The van der Waals surface area contributed by atoms with Gasteiger partial charge in [0.05, 0.1) is 35.7 Å². The minimum Gasteiger partial charge on any atom is -0.493 e. The summed E-state index contributed by atoms with van der Waals surface area (Å²) in [5, 5.41) is 0.443. The van der Waals surface area contributed by atoms with Crippen LogP contribution in [0, 0.1) is 5.82 Å². The highest BCUT2D eigenvalue weighted by atomic mass is 35.5. The number of anilines is 1. The molecule has 1 amide bonds. The van der Waals surface area contributed by atoms with Crippen molar-refractivity contribution in [3.05, 3.63) is 92.7 Å². The Balaban J connectivity index is 1.63. The predicted octanol–water partition coefficient (Wildman–Crippen LogP) is 6.70. The molecule has 3 heterocycles. The molecular formula is C29H26ClFN2O5. The Labute approximate surface area is 223 Å². The number of pyridine rings is 1. The highest BCUT2D eigenvalue weighted by molar-refractivity contribution is 6.30. The van der Waals surface area contributed by atoms with E-state index in [4.69, 9.17) is 25.5 Å². The number of hydrogen-bond acceptors (Lipinski definition) is 6. The highest BCUT2D eigenvalue weighted by Crippen LogP contribution is 2.43. The van der Waals surface area contributed by atoms with Crippen molar-refractivity contribution in [1.82, 2.24) is 4.98 Å². The molecule has 1 aliphatic rings. The molecule has 0 bridgehead atoms. The number of hydrogen-bond donors (Lipinski definition) is 0. The maximum absolute atomic E-state index is 14.0. The Morgan fingerprint density at radius 3 is 2.63 bits per heavy atom. The van der Waals surface area contributed by atoms with Crippen molar-refractivity contribution < 1.29 is 23.1 Å². The second-order valence-corrected chi connectivity index (χ2v) is 9.48. The second kappa shape index (κ2) is 10.8. The number of rotatable bonds is 9. The number of aromatic nitrogens is 1. The lowest BCUT2D eigenvalue weighted by molar-refractivity contribution is 0.0970. The summed E-state index contributed by atoms with van der Waals surface area (Å²) in [5.41, 5.74) is 0.301. The largest absolute Gasteiger partial charge is 0.493 e. The maximum Gasteiger partial charge on any atom is 0.296 e. The Morgan fingerprint density at radius 2 is 1.89 bits per heavy atom. The number of nitrogens with zero attached hydrogens (tertiary/aromatic N) is 2. The summed E-state index contributed by atoms with van der Waals surface area (Å²) < 4.78 is 31.5. The molecule has 5 rings (SSSR count). The van der Waals surface area contributed by atoms with Gasteiger partial charge in [0.25, 0.3) is 5.91 Å². The third kappa shape index (κ3) is 4.72. The Morgan fingerprint density at radius 1 is 1.05 bits per heavy atom. The van der Waals surface area contributed by atoms with E-state index in [-0.39, 0.29) is 28.1 Å². The van der Waals surface area contributed by atoms with E-state index < -0.39 is 23.2 Å². The quantitative estimate of drug-likeness (QED) is 0.221. The molecule has 0 saturated heterocycles. The average molecular weight is 537 g/mol. The van der Waals surface area contributed by atoms with Gasteiger partial charge in [-0.05, 0) is 54.4 Å². The van der Waals surface area contributed by atoms with Crippen molar-refractivity contribution in [3.63, 3.8) is 0 Å². The fourth-order valence-electron chi connectivity index (χ4n) is 4.69. The van der Waals surface area contributed by atoms with Crippen molar-refractivity contribution >= 4 is 34.3 Å². The molecule has 38 heavy (non-hydrogen) atoms. The topological polar surface area (TPSA) is 81.9 Å². The zero-order valence-electron chi connectivity index (χ0n) is 21.0. The van der Waals surface area contributed by atoms with Gasteiger partial charge in [0.1, 0.15) is 17.2 Å². The zero-order chi connectivity index (χ0) is 26.8. The normalized spacial score (nSPS) is 14.7. The van der Waals surface area contributed by atoms with Crippen molar-refractivity contribution in [2.75, 3.05) is 18.6 Å². The number of carbonyl (C=O) groups excluding carboxylic acids is 1. The van der Waals surface area contributed by atoms with Crippen LogP contribution < -0.4 is 19.8 Å². The van der Waals surface area contributed by atoms with Gasteiger partial charge >= 0.3 is 0 Å². The maximum atomic E-state index is 14.0. The van der Waals surface area contributed by atoms with Gasteiger partial charge in [-0.3, -0.25) is 14.5 Å². The molecule has 0 aliphatic carbocycles. The van der Waals surface area contributed by atoms with Crippen molar-refractivity contribution in [1.29, 1.82) is 0 Å². The number of methoxy groups -OCH3 is 1. The van der Waals surface area contributed by atoms with Crippen molar-refractivity contribution in [2.45, 2.75) is 38.6 Å². The lowest BCUT2D eigenvalue weighted by Gasteiger charge is -2.25. The van der Waals surface area contributed by atoms with Crippen LogP contribution in [0.25, 0.3) is 11.0 Å². The SMILES string of the molecule is CCCCCCOc1ccc(C2c3c(oc4ccc(F)cc4c3=O)C(=O)N2c2ccc(Cl)cn2)cc1OC. The van der Waals surface area contributed by atoms with Crippen molar-refractivity contribution in [2.24, 2.45) is 0 Å². The number of fused-ring (bicyclic) bond motifs is 2. The van der Waals surface area contributed by atoms with E-state index in [2.05, 4.69) is 11.9 Å². The van der Waals surface area contributed by atoms with Crippen LogP contribution in [0.4, 0.5) is 10.2 Å². The van der Waals surface area contributed by atoms with Crippen LogP contribution in [0.15, 0.2) is 63.9 Å². The van der Waals surface area contributed by atoms with E-state index in [1.165, 1.54) is 30.3 Å². The van der Waals surface area contributed by atoms with Crippen LogP contribution in [0.5, 0.6) is 11.5 Å². The fourth-order valence-corrected chi connectivity index (χ4v) is 4.80. The van der Waals surface area contributed by atoms with E-state index >= 15 is 0 Å². The molecule has 2 aromatic heterocycles. The van der Waals surface area contributed by atoms with Gasteiger partial charge in [-0.2, -0.15) is 0 Å². The number of halogens is 2. The summed E-state index contributed by atoms with van der Waals surface area (Å²) in [4.78, 5) is 33.0. The van der Waals surface area contributed by atoms with Gasteiger partial charge < -0.3 is 13.9 Å². The smallest absolute Gasteiger partial charge is 0.296 e. The van der Waals surface area contributed by atoms with Crippen LogP contribution in [0.3, 0.4) is 0 Å². The van der Waals surface area contributed by atoms with Crippen LogP contribution >= 0.6 is 11.6 Å². The molecule has 7 nitrogen and oxygen atoms in total. The van der Waals surface area contributed by atoms with Gasteiger partial charge in [0.2, 0.25) is 5.76 Å². The highest BCUT2D eigenvalue weighted by Gasteiger charge is 2.44. The first kappa shape index (κ1) is 25.7. The Bertz CT molecular complexity index is 1550. The molecule has 1 unspecified atom stereocenters. The zero-order valence-corrected chi connectivity index (χ0v) is 21.8. The molecule has 196 valence electrons. The minimum absolute atomic E-state index is 0.0477. The molecule has 0 fully saturated rings. The average Bonchev–Trinajstić information content (AvgIpc) is 3.22. The molecule has 0 saturated carbocycles. The molecule has 1 atom stereocenters. The number of amides is 1. The number of unbranched alkanes of at least 4 members (excludes halogenated alkanes) is 3. The van der Waals surface area contributed by atoms with E-state index in [9.17, 15) is 14.0 Å². The molecule has 9 heteroatoms. The Hall–Kier alpha value is -3.91. The summed E-state index contributed by atoms with van der Waals surface area (Å²) in [6.45, 7) is 2.69. The number of carbonyl (C=O) groups is 1. The summed E-state index contributed by atoms with van der Waals surface area (Å²) >= 11 is 6.03. The standard InChI is InChI=1S/C29H26ClFN2O5/c1-3-4-5-6-13-37-22-10-7-17(14-23(22)36-2)26-25-27(34)20-15-19(31)9-11-21(20)38-28(25)29(35)33(26)24-12-8-18(30)16-32-24/h7-12,14-16,26H,3-6,13H2,1-2H3. The summed E-state index contributed by atoms with van der Waals surface area (Å²) in [6, 6.07) is 11.2. The molecule has 4 aromatic rings. The third-order valence-corrected chi connectivity index (χ3v) is 6.77. The van der Waals surface area contributed by atoms with Crippen LogP contribution in [-0.4, -0.2) is 24.6 Å². The van der Waals surface area contributed by atoms with E-state index in [0.717, 1.165) is 31.7 Å². The summed E-state index contributed by atoms with van der Waals surface area (Å²) in [7, 11) is 1.53. The molecular weight excluding hydrogens is 511 g/mol. The fraction of sp³-hybridized carbons (Fsp3) is 0.276. The monoisotopic (exact) mass is 536 g/mol. The minimum atomic E-state index is -0.900. The van der Waals surface area contributed by atoms with Gasteiger partial charge in [0, 0.05) is 6.20 Å². The summed E-state index contributed by atoms with van der Waals surface area (Å²) in [6.07, 6.45) is 5.69. The van der Waals surface area contributed by atoms with Gasteiger partial charge in [-0.15, -0.1) is 0 Å². The van der Waals surface area contributed by atoms with Gasteiger partial charge in [-0.25, -0.2) is 9.37 Å². The lowest BCUT2D eigenvalue weighted by atomic mass is 9.98. The molecule has 1 aliphatic heterocycles. The molecule has 0 N–H and O–H groups in total. The van der Waals surface area contributed by atoms with Crippen LogP contribution in [0.1, 0.15) is 60.3 Å². The molecule has 0 spiro atoms. The van der Waals surface area contributed by atoms with Gasteiger partial charge in [0.15, 0.2) is 16.9 Å². The lowest BCUT2D eigenvalue weighted by Crippen LogP contribution is -2.30. The van der Waals surface area contributed by atoms with Gasteiger partial charge in [-0.1, -0.05) is 43.9 Å². The number of benzene rings is 2. The van der Waals surface area contributed by atoms with Crippen molar-refractivity contribution in [3.8, 4) is 11.5 Å². The first-order valence-electron chi connectivity index (χ1n) is 12.4. The second-order valence-electron chi connectivity index (χ2n) is 9.05. The number of ether oxygens (including phenoxy) is 2. The predicted molar refractivity (Wildman–Crippen MR) is 143 cm³/mol. The van der Waals surface area contributed by atoms with Crippen LogP contribution in [-0.2, 0) is 0 Å².